The van der Waals surface area contributed by atoms with Crippen LogP contribution in [-0.2, 0) is 4.79 Å². The minimum absolute atomic E-state index is 0.0225. The number of anilines is 1. The van der Waals surface area contributed by atoms with Crippen LogP contribution >= 0.6 is 11.6 Å². The van der Waals surface area contributed by atoms with Crippen LogP contribution in [0.5, 0.6) is 0 Å². The molecule has 0 aliphatic carbocycles. The standard InChI is InChI=1S/C12H12ClN3O3/c1-3-12(2,7-14)11(17)15-9-5-4-8(13)6-10(9)16(18)19/h4-6H,3H2,1-2H3,(H,15,17). The fourth-order valence-corrected chi connectivity index (χ4v) is 1.48. The van der Waals surface area contributed by atoms with E-state index in [0.29, 0.717) is 6.42 Å². The highest BCUT2D eigenvalue weighted by Crippen LogP contribution is 2.30. The third-order valence-corrected chi connectivity index (χ3v) is 3.09. The number of rotatable bonds is 4. The van der Waals surface area contributed by atoms with Crippen LogP contribution < -0.4 is 5.32 Å². The largest absolute Gasteiger partial charge is 0.319 e. The first-order chi connectivity index (χ1) is 8.84. The van der Waals surface area contributed by atoms with E-state index in [9.17, 15) is 14.9 Å². The SMILES string of the molecule is CCC(C)(C#N)C(=O)Nc1ccc(Cl)cc1[N+](=O)[O-]. The third kappa shape index (κ3) is 3.20. The molecule has 0 radical (unpaired) electrons. The second kappa shape index (κ2) is 5.67. The second-order valence-corrected chi connectivity index (χ2v) is 4.61. The van der Waals surface area contributed by atoms with Gasteiger partial charge in [0.2, 0.25) is 5.91 Å². The van der Waals surface area contributed by atoms with E-state index in [1.165, 1.54) is 19.1 Å². The van der Waals surface area contributed by atoms with E-state index in [1.807, 2.05) is 6.07 Å². The number of nitro groups is 1. The van der Waals surface area contributed by atoms with Crippen LogP contribution in [0, 0.1) is 26.9 Å². The fraction of sp³-hybridized carbons (Fsp3) is 0.333. The van der Waals surface area contributed by atoms with Gasteiger partial charge < -0.3 is 5.32 Å². The highest BCUT2D eigenvalue weighted by Gasteiger charge is 2.32. The molecule has 0 aromatic heterocycles. The molecule has 1 atom stereocenters. The number of nitriles is 1. The van der Waals surface area contributed by atoms with Gasteiger partial charge in [0.25, 0.3) is 5.69 Å². The molecular weight excluding hydrogens is 270 g/mol. The zero-order chi connectivity index (χ0) is 14.6. The van der Waals surface area contributed by atoms with E-state index in [-0.39, 0.29) is 16.4 Å². The van der Waals surface area contributed by atoms with E-state index < -0.39 is 16.2 Å². The monoisotopic (exact) mass is 281 g/mol. The van der Waals surface area contributed by atoms with Crippen molar-refractivity contribution in [1.82, 2.24) is 0 Å². The van der Waals surface area contributed by atoms with Crippen molar-refractivity contribution in [2.24, 2.45) is 5.41 Å². The van der Waals surface area contributed by atoms with Crippen LogP contribution in [0.15, 0.2) is 18.2 Å². The molecule has 6 nitrogen and oxygen atoms in total. The smallest absolute Gasteiger partial charge is 0.294 e. The Hall–Kier alpha value is -2.13. The molecule has 0 spiro atoms. The number of halogens is 1. The summed E-state index contributed by atoms with van der Waals surface area (Å²) >= 11 is 5.67. The van der Waals surface area contributed by atoms with Gasteiger partial charge in [0.1, 0.15) is 11.1 Å². The molecule has 100 valence electrons. The Morgan fingerprint density at radius 3 is 2.74 bits per heavy atom. The zero-order valence-electron chi connectivity index (χ0n) is 10.4. The van der Waals surface area contributed by atoms with E-state index in [4.69, 9.17) is 16.9 Å². The minimum atomic E-state index is -1.23. The van der Waals surface area contributed by atoms with Crippen molar-refractivity contribution in [3.63, 3.8) is 0 Å². The van der Waals surface area contributed by atoms with Gasteiger partial charge in [-0.3, -0.25) is 14.9 Å². The summed E-state index contributed by atoms with van der Waals surface area (Å²) in [5, 5.41) is 22.5. The summed E-state index contributed by atoms with van der Waals surface area (Å²) in [6, 6.07) is 5.82. The summed E-state index contributed by atoms with van der Waals surface area (Å²) in [4.78, 5) is 22.2. The van der Waals surface area contributed by atoms with Crippen LogP contribution in [-0.4, -0.2) is 10.8 Å². The predicted molar refractivity (Wildman–Crippen MR) is 70.7 cm³/mol. The van der Waals surface area contributed by atoms with Crippen molar-refractivity contribution in [1.29, 1.82) is 5.26 Å². The van der Waals surface area contributed by atoms with Gasteiger partial charge in [-0.25, -0.2) is 0 Å². The highest BCUT2D eigenvalue weighted by molar-refractivity contribution is 6.31. The van der Waals surface area contributed by atoms with Crippen molar-refractivity contribution in [2.75, 3.05) is 5.32 Å². The molecule has 0 saturated carbocycles. The molecule has 1 unspecified atom stereocenters. The molecule has 1 amide bonds. The number of carbonyl (C=O) groups is 1. The molecule has 0 heterocycles. The average molecular weight is 282 g/mol. The summed E-state index contributed by atoms with van der Waals surface area (Å²) in [6.45, 7) is 3.17. The number of nitrogens with one attached hydrogen (secondary N) is 1. The predicted octanol–water partition coefficient (Wildman–Crippen LogP) is 3.13. The third-order valence-electron chi connectivity index (χ3n) is 2.86. The first kappa shape index (κ1) is 14.9. The van der Waals surface area contributed by atoms with Crippen molar-refractivity contribution in [3.8, 4) is 6.07 Å². The van der Waals surface area contributed by atoms with E-state index in [0.717, 1.165) is 6.07 Å². The maximum atomic E-state index is 12.0. The number of carbonyl (C=O) groups excluding carboxylic acids is 1. The van der Waals surface area contributed by atoms with Crippen LogP contribution in [0.3, 0.4) is 0 Å². The van der Waals surface area contributed by atoms with Crippen LogP contribution in [0.4, 0.5) is 11.4 Å². The maximum Gasteiger partial charge on any atom is 0.294 e. The summed E-state index contributed by atoms with van der Waals surface area (Å²) in [5.41, 5.74) is -1.51. The minimum Gasteiger partial charge on any atom is -0.319 e. The first-order valence-electron chi connectivity index (χ1n) is 5.50. The Bertz CT molecular complexity index is 568. The molecular formula is C12H12ClN3O3. The topological polar surface area (TPSA) is 96.0 Å². The number of hydrogen-bond donors (Lipinski definition) is 1. The van der Waals surface area contributed by atoms with Crippen LogP contribution in [0.25, 0.3) is 0 Å². The number of hydrogen-bond acceptors (Lipinski definition) is 4. The lowest BCUT2D eigenvalue weighted by molar-refractivity contribution is -0.383. The highest BCUT2D eigenvalue weighted by atomic mass is 35.5. The number of nitrogens with zero attached hydrogens (tertiary/aromatic N) is 2. The summed E-state index contributed by atoms with van der Waals surface area (Å²) in [7, 11) is 0. The van der Waals surface area contributed by atoms with Crippen molar-refractivity contribution in [3.05, 3.63) is 33.3 Å². The van der Waals surface area contributed by atoms with E-state index in [2.05, 4.69) is 5.32 Å². The molecule has 0 saturated heterocycles. The van der Waals surface area contributed by atoms with Gasteiger partial charge in [0, 0.05) is 11.1 Å². The Morgan fingerprint density at radius 1 is 1.63 bits per heavy atom. The molecule has 1 aromatic carbocycles. The molecule has 0 fully saturated rings. The van der Waals surface area contributed by atoms with Gasteiger partial charge in [0.15, 0.2) is 0 Å². The van der Waals surface area contributed by atoms with E-state index in [1.54, 1.807) is 6.92 Å². The van der Waals surface area contributed by atoms with Gasteiger partial charge in [-0.15, -0.1) is 0 Å². The molecule has 19 heavy (non-hydrogen) atoms. The Balaban J connectivity index is 3.11. The Kier molecular flexibility index (Phi) is 4.46. The Morgan fingerprint density at radius 2 is 2.26 bits per heavy atom. The normalized spacial score (nSPS) is 13.2. The molecule has 1 aromatic rings. The van der Waals surface area contributed by atoms with E-state index >= 15 is 0 Å². The zero-order valence-corrected chi connectivity index (χ0v) is 11.2. The number of amides is 1. The lowest BCUT2D eigenvalue weighted by Crippen LogP contribution is -2.31. The van der Waals surface area contributed by atoms with Gasteiger partial charge in [0.05, 0.1) is 11.0 Å². The van der Waals surface area contributed by atoms with Gasteiger partial charge in [-0.2, -0.15) is 5.26 Å². The fourth-order valence-electron chi connectivity index (χ4n) is 1.31. The van der Waals surface area contributed by atoms with Crippen molar-refractivity contribution < 1.29 is 9.72 Å². The second-order valence-electron chi connectivity index (χ2n) is 4.17. The first-order valence-corrected chi connectivity index (χ1v) is 5.88. The maximum absolute atomic E-state index is 12.0. The molecule has 0 bridgehead atoms. The Labute approximate surface area is 115 Å². The molecule has 0 aliphatic rings. The van der Waals surface area contributed by atoms with Crippen molar-refractivity contribution >= 4 is 28.9 Å². The molecule has 1 rings (SSSR count). The van der Waals surface area contributed by atoms with Gasteiger partial charge in [-0.05, 0) is 25.5 Å². The molecule has 1 N–H and O–H groups in total. The van der Waals surface area contributed by atoms with Crippen LogP contribution in [0.2, 0.25) is 5.02 Å². The quantitative estimate of drug-likeness (QED) is 0.677. The lowest BCUT2D eigenvalue weighted by atomic mass is 9.88. The number of nitro benzene ring substituents is 1. The molecule has 0 aliphatic heterocycles. The van der Waals surface area contributed by atoms with Gasteiger partial charge in [-0.1, -0.05) is 18.5 Å². The summed E-state index contributed by atoms with van der Waals surface area (Å²) < 4.78 is 0. The number of benzene rings is 1. The molecule has 7 heteroatoms. The van der Waals surface area contributed by atoms with Crippen molar-refractivity contribution in [2.45, 2.75) is 20.3 Å². The van der Waals surface area contributed by atoms with Crippen LogP contribution in [0.1, 0.15) is 20.3 Å². The average Bonchev–Trinajstić information content (AvgIpc) is 2.39. The lowest BCUT2D eigenvalue weighted by Gasteiger charge is -2.18. The van der Waals surface area contributed by atoms with Gasteiger partial charge >= 0.3 is 0 Å². The summed E-state index contributed by atoms with van der Waals surface area (Å²) in [6.07, 6.45) is 0.302. The summed E-state index contributed by atoms with van der Waals surface area (Å²) in [5.74, 6) is -0.581.